The van der Waals surface area contributed by atoms with Crippen molar-refractivity contribution >= 4 is 21.6 Å². The Balaban J connectivity index is 2.05. The van der Waals surface area contributed by atoms with E-state index >= 15 is 0 Å². The number of nitrogens with one attached hydrogen (secondary N) is 1. The molecule has 0 saturated heterocycles. The van der Waals surface area contributed by atoms with Crippen LogP contribution in [-0.4, -0.2) is 33.7 Å². The monoisotopic (exact) mass is 352 g/mol. The van der Waals surface area contributed by atoms with Crippen LogP contribution in [0.2, 0.25) is 0 Å². The van der Waals surface area contributed by atoms with Crippen molar-refractivity contribution in [1.29, 1.82) is 0 Å². The number of amides is 1. The van der Waals surface area contributed by atoms with Crippen LogP contribution >= 0.6 is 0 Å². The second kappa shape index (κ2) is 8.51. The van der Waals surface area contributed by atoms with E-state index in [2.05, 4.69) is 5.32 Å². The van der Waals surface area contributed by atoms with Gasteiger partial charge in [-0.05, 0) is 36.8 Å². The highest BCUT2D eigenvalue weighted by molar-refractivity contribution is 7.92. The molecule has 134 valence electrons. The van der Waals surface area contributed by atoms with Gasteiger partial charge in [0.1, 0.15) is 6.54 Å². The smallest absolute Gasteiger partial charge is 0.240 e. The van der Waals surface area contributed by atoms with E-state index in [-0.39, 0.29) is 12.5 Å². The van der Waals surface area contributed by atoms with Crippen LogP contribution in [0.1, 0.15) is 44.6 Å². The van der Waals surface area contributed by atoms with Crippen molar-refractivity contribution in [1.82, 2.24) is 5.32 Å². The minimum Gasteiger partial charge on any atom is -0.354 e. The number of carbonyl (C=O) groups is 1. The molecule has 5 nitrogen and oxygen atoms in total. The maximum absolute atomic E-state index is 12.3. The molecule has 1 N–H and O–H groups in total. The largest absolute Gasteiger partial charge is 0.354 e. The molecule has 0 unspecified atom stereocenters. The number of para-hydroxylation sites is 1. The van der Waals surface area contributed by atoms with Gasteiger partial charge < -0.3 is 5.32 Å². The SMILES string of the molecule is CCc1ccccc1N(CC(=O)NCC1CCCCC1)S(C)(=O)=O. The van der Waals surface area contributed by atoms with Gasteiger partial charge in [0.15, 0.2) is 0 Å². The summed E-state index contributed by atoms with van der Waals surface area (Å²) in [6.07, 6.45) is 7.88. The van der Waals surface area contributed by atoms with Crippen molar-refractivity contribution in [3.8, 4) is 0 Å². The fraction of sp³-hybridized carbons (Fsp3) is 0.611. The third-order valence-electron chi connectivity index (χ3n) is 4.64. The first kappa shape index (κ1) is 18.8. The van der Waals surface area contributed by atoms with Crippen LogP contribution in [0.3, 0.4) is 0 Å². The standard InChI is InChI=1S/C18H28N2O3S/c1-3-16-11-7-8-12-17(16)20(24(2,22)23)14-18(21)19-13-15-9-5-4-6-10-15/h7-8,11-12,15H,3-6,9-10,13-14H2,1-2H3,(H,19,21). The summed E-state index contributed by atoms with van der Waals surface area (Å²) in [5, 5.41) is 2.92. The van der Waals surface area contributed by atoms with Crippen LogP contribution in [0, 0.1) is 5.92 Å². The molecule has 6 heteroatoms. The molecule has 1 aromatic rings. The van der Waals surface area contributed by atoms with E-state index in [1.54, 1.807) is 12.1 Å². The Labute approximate surface area is 145 Å². The van der Waals surface area contributed by atoms with Gasteiger partial charge in [-0.1, -0.05) is 44.4 Å². The van der Waals surface area contributed by atoms with E-state index in [9.17, 15) is 13.2 Å². The van der Waals surface area contributed by atoms with Crippen LogP contribution < -0.4 is 9.62 Å². The Morgan fingerprint density at radius 3 is 2.50 bits per heavy atom. The molecule has 0 heterocycles. The zero-order valence-corrected chi connectivity index (χ0v) is 15.4. The van der Waals surface area contributed by atoms with Crippen molar-refractivity contribution in [2.45, 2.75) is 45.4 Å². The number of hydrogen-bond donors (Lipinski definition) is 1. The molecule has 2 rings (SSSR count). The van der Waals surface area contributed by atoms with E-state index in [0.29, 0.717) is 24.6 Å². The summed E-state index contributed by atoms with van der Waals surface area (Å²) >= 11 is 0. The summed E-state index contributed by atoms with van der Waals surface area (Å²) in [5.74, 6) is 0.286. The normalized spacial score (nSPS) is 15.9. The Morgan fingerprint density at radius 1 is 1.21 bits per heavy atom. The van der Waals surface area contributed by atoms with Crippen LogP contribution in [0.25, 0.3) is 0 Å². The first-order chi connectivity index (χ1) is 11.4. The molecule has 1 aliphatic carbocycles. The minimum absolute atomic E-state index is 0.164. The predicted molar refractivity (Wildman–Crippen MR) is 97.6 cm³/mol. The molecule has 0 spiro atoms. The van der Waals surface area contributed by atoms with E-state index in [0.717, 1.165) is 24.7 Å². The van der Waals surface area contributed by atoms with Gasteiger partial charge in [0.2, 0.25) is 15.9 Å². The van der Waals surface area contributed by atoms with Gasteiger partial charge in [0.25, 0.3) is 0 Å². The lowest BCUT2D eigenvalue weighted by atomic mass is 9.89. The summed E-state index contributed by atoms with van der Waals surface area (Å²) in [6.45, 7) is 2.46. The first-order valence-electron chi connectivity index (χ1n) is 8.74. The van der Waals surface area contributed by atoms with Gasteiger partial charge in [0.05, 0.1) is 11.9 Å². The van der Waals surface area contributed by atoms with Crippen LogP contribution in [0.4, 0.5) is 5.69 Å². The third-order valence-corrected chi connectivity index (χ3v) is 5.77. The van der Waals surface area contributed by atoms with Crippen LogP contribution in [0.15, 0.2) is 24.3 Å². The molecule has 1 saturated carbocycles. The summed E-state index contributed by atoms with van der Waals surface area (Å²) in [7, 11) is -3.52. The number of rotatable bonds is 7. The second-order valence-corrected chi connectivity index (χ2v) is 8.47. The lowest BCUT2D eigenvalue weighted by Crippen LogP contribution is -2.42. The highest BCUT2D eigenvalue weighted by Gasteiger charge is 2.23. The molecule has 24 heavy (non-hydrogen) atoms. The van der Waals surface area contributed by atoms with Gasteiger partial charge in [0, 0.05) is 6.54 Å². The van der Waals surface area contributed by atoms with Gasteiger partial charge >= 0.3 is 0 Å². The topological polar surface area (TPSA) is 66.5 Å². The van der Waals surface area contributed by atoms with E-state index < -0.39 is 10.0 Å². The Bertz CT molecular complexity index is 652. The molecule has 0 aromatic heterocycles. The summed E-state index contributed by atoms with van der Waals surface area (Å²) in [4.78, 5) is 12.3. The molecule has 1 fully saturated rings. The quantitative estimate of drug-likeness (QED) is 0.820. The predicted octanol–water partition coefficient (Wildman–Crippen LogP) is 2.71. The number of sulfonamides is 1. The lowest BCUT2D eigenvalue weighted by molar-refractivity contribution is -0.119. The average Bonchev–Trinajstić information content (AvgIpc) is 2.58. The number of anilines is 1. The Morgan fingerprint density at radius 2 is 1.88 bits per heavy atom. The molecule has 0 radical (unpaired) electrons. The highest BCUT2D eigenvalue weighted by Crippen LogP contribution is 2.24. The average molecular weight is 353 g/mol. The van der Waals surface area contributed by atoms with Gasteiger partial charge in [-0.2, -0.15) is 0 Å². The zero-order valence-electron chi connectivity index (χ0n) is 14.6. The maximum Gasteiger partial charge on any atom is 0.240 e. The van der Waals surface area contributed by atoms with Crippen molar-refractivity contribution < 1.29 is 13.2 Å². The first-order valence-corrected chi connectivity index (χ1v) is 10.6. The Kier molecular flexibility index (Phi) is 6.66. The maximum atomic E-state index is 12.3. The summed E-state index contributed by atoms with van der Waals surface area (Å²) < 4.78 is 25.6. The number of benzene rings is 1. The molecule has 0 bridgehead atoms. The number of carbonyl (C=O) groups excluding carboxylic acids is 1. The molecule has 1 aliphatic rings. The second-order valence-electron chi connectivity index (χ2n) is 6.56. The van der Waals surface area contributed by atoms with E-state index in [1.165, 1.54) is 23.6 Å². The van der Waals surface area contributed by atoms with Gasteiger partial charge in [-0.15, -0.1) is 0 Å². The molecule has 0 aliphatic heterocycles. The molecular weight excluding hydrogens is 324 g/mol. The van der Waals surface area contributed by atoms with Gasteiger partial charge in [-0.25, -0.2) is 8.42 Å². The lowest BCUT2D eigenvalue weighted by Gasteiger charge is -2.25. The van der Waals surface area contributed by atoms with Crippen LogP contribution in [-0.2, 0) is 21.2 Å². The molecular formula is C18H28N2O3S. The van der Waals surface area contributed by atoms with E-state index in [1.807, 2.05) is 19.1 Å². The zero-order chi connectivity index (χ0) is 17.6. The highest BCUT2D eigenvalue weighted by atomic mass is 32.2. The molecule has 0 atom stereocenters. The minimum atomic E-state index is -3.52. The summed E-state index contributed by atoms with van der Waals surface area (Å²) in [6, 6.07) is 7.33. The Hall–Kier alpha value is -1.56. The number of nitrogens with zero attached hydrogens (tertiary/aromatic N) is 1. The number of aryl methyl sites for hydroxylation is 1. The van der Waals surface area contributed by atoms with Crippen molar-refractivity contribution in [3.63, 3.8) is 0 Å². The van der Waals surface area contributed by atoms with Crippen molar-refractivity contribution in [2.24, 2.45) is 5.92 Å². The van der Waals surface area contributed by atoms with E-state index in [4.69, 9.17) is 0 Å². The summed E-state index contributed by atoms with van der Waals surface area (Å²) in [5.41, 5.74) is 1.51. The fourth-order valence-electron chi connectivity index (χ4n) is 3.27. The van der Waals surface area contributed by atoms with Crippen molar-refractivity contribution in [2.75, 3.05) is 23.7 Å². The number of hydrogen-bond acceptors (Lipinski definition) is 3. The van der Waals surface area contributed by atoms with Crippen molar-refractivity contribution in [3.05, 3.63) is 29.8 Å². The molecule has 1 amide bonds. The van der Waals surface area contributed by atoms with Crippen LogP contribution in [0.5, 0.6) is 0 Å². The molecule has 1 aromatic carbocycles. The van der Waals surface area contributed by atoms with Gasteiger partial charge in [-0.3, -0.25) is 9.10 Å². The third kappa shape index (κ3) is 5.23. The fourth-order valence-corrected chi connectivity index (χ4v) is 4.16.